The van der Waals surface area contributed by atoms with Gasteiger partial charge in [-0.1, -0.05) is 18.2 Å². The summed E-state index contributed by atoms with van der Waals surface area (Å²) in [6.07, 6.45) is 3.50. The van der Waals surface area contributed by atoms with Crippen molar-refractivity contribution < 1.29 is 9.47 Å². The third kappa shape index (κ3) is 3.27. The number of hydrogen-bond donors (Lipinski definition) is 1. The number of piperidine rings is 1. The van der Waals surface area contributed by atoms with E-state index in [9.17, 15) is 0 Å². The van der Waals surface area contributed by atoms with Crippen LogP contribution in [0.15, 0.2) is 42.6 Å². The van der Waals surface area contributed by atoms with E-state index in [2.05, 4.69) is 20.2 Å². The third-order valence-electron chi connectivity index (χ3n) is 5.38. The number of nitrogens with zero attached hydrogens (tertiary/aromatic N) is 4. The van der Waals surface area contributed by atoms with Gasteiger partial charge in [-0.25, -0.2) is 4.98 Å². The number of aryl methyl sites for hydroxylation is 1. The Labute approximate surface area is 163 Å². The van der Waals surface area contributed by atoms with Gasteiger partial charge in [-0.15, -0.1) is 0 Å². The Morgan fingerprint density at radius 1 is 1.04 bits per heavy atom. The molecular formula is C21H23N5O2. The fourth-order valence-electron chi connectivity index (χ4n) is 3.96. The van der Waals surface area contributed by atoms with Crippen LogP contribution < -0.4 is 10.2 Å². The van der Waals surface area contributed by atoms with Crippen LogP contribution in [0.5, 0.6) is 0 Å². The molecule has 2 aromatic heterocycles. The molecular weight excluding hydrogens is 354 g/mol. The second-order valence-corrected chi connectivity index (χ2v) is 7.29. The molecule has 1 spiro atoms. The van der Waals surface area contributed by atoms with Crippen LogP contribution in [0.4, 0.5) is 17.5 Å². The quantitative estimate of drug-likeness (QED) is 0.750. The Balaban J connectivity index is 1.39. The van der Waals surface area contributed by atoms with E-state index >= 15 is 0 Å². The van der Waals surface area contributed by atoms with Gasteiger partial charge in [0.25, 0.3) is 0 Å². The van der Waals surface area contributed by atoms with E-state index in [1.165, 1.54) is 0 Å². The van der Waals surface area contributed by atoms with Crippen molar-refractivity contribution >= 4 is 28.4 Å². The van der Waals surface area contributed by atoms with E-state index in [-0.39, 0.29) is 5.79 Å². The van der Waals surface area contributed by atoms with Gasteiger partial charge in [0.2, 0.25) is 5.95 Å². The van der Waals surface area contributed by atoms with Gasteiger partial charge in [0.05, 0.1) is 24.4 Å². The highest BCUT2D eigenvalue weighted by atomic mass is 16.7. The first kappa shape index (κ1) is 17.3. The third-order valence-corrected chi connectivity index (χ3v) is 5.38. The molecule has 4 heterocycles. The normalized spacial score (nSPS) is 18.7. The van der Waals surface area contributed by atoms with Crippen LogP contribution >= 0.6 is 0 Å². The summed E-state index contributed by atoms with van der Waals surface area (Å²) >= 11 is 0. The minimum atomic E-state index is -0.381. The first-order chi connectivity index (χ1) is 13.7. The van der Waals surface area contributed by atoms with Crippen LogP contribution in [0.1, 0.15) is 18.5 Å². The summed E-state index contributed by atoms with van der Waals surface area (Å²) < 4.78 is 11.7. The lowest BCUT2D eigenvalue weighted by Crippen LogP contribution is -2.45. The van der Waals surface area contributed by atoms with Gasteiger partial charge in [-0.3, -0.25) is 4.98 Å². The van der Waals surface area contributed by atoms with Crippen LogP contribution in [0.3, 0.4) is 0 Å². The number of pyridine rings is 1. The lowest BCUT2D eigenvalue weighted by Gasteiger charge is -2.38. The van der Waals surface area contributed by atoms with Gasteiger partial charge in [-0.05, 0) is 19.1 Å². The van der Waals surface area contributed by atoms with Gasteiger partial charge in [0.15, 0.2) is 5.79 Å². The van der Waals surface area contributed by atoms with Crippen LogP contribution in [0.25, 0.3) is 10.9 Å². The summed E-state index contributed by atoms with van der Waals surface area (Å²) in [5, 5.41) is 4.44. The van der Waals surface area contributed by atoms with Crippen LogP contribution in [0.2, 0.25) is 0 Å². The van der Waals surface area contributed by atoms with E-state index in [0.717, 1.165) is 54.0 Å². The van der Waals surface area contributed by atoms with Crippen molar-refractivity contribution in [3.05, 3.63) is 48.3 Å². The van der Waals surface area contributed by atoms with Crippen molar-refractivity contribution in [2.45, 2.75) is 25.6 Å². The zero-order chi connectivity index (χ0) is 19.0. The highest BCUT2D eigenvalue weighted by Crippen LogP contribution is 2.33. The molecule has 144 valence electrons. The largest absolute Gasteiger partial charge is 0.356 e. The van der Waals surface area contributed by atoms with Crippen molar-refractivity contribution in [3.8, 4) is 0 Å². The Morgan fingerprint density at radius 3 is 2.64 bits per heavy atom. The van der Waals surface area contributed by atoms with Gasteiger partial charge in [-0.2, -0.15) is 4.98 Å². The molecule has 7 heteroatoms. The zero-order valence-electron chi connectivity index (χ0n) is 15.9. The molecule has 2 aliphatic rings. The molecule has 0 radical (unpaired) electrons. The van der Waals surface area contributed by atoms with Crippen molar-refractivity contribution in [3.63, 3.8) is 0 Å². The van der Waals surface area contributed by atoms with E-state index in [1.807, 2.05) is 43.3 Å². The number of rotatable bonds is 3. The molecule has 2 saturated heterocycles. The Bertz CT molecular complexity index is 988. The molecule has 1 aromatic carbocycles. The second-order valence-electron chi connectivity index (χ2n) is 7.29. The van der Waals surface area contributed by atoms with Crippen molar-refractivity contribution in [1.82, 2.24) is 15.0 Å². The monoisotopic (exact) mass is 377 g/mol. The lowest BCUT2D eigenvalue weighted by atomic mass is 10.0. The summed E-state index contributed by atoms with van der Waals surface area (Å²) in [4.78, 5) is 16.1. The number of benzene rings is 1. The molecule has 2 aliphatic heterocycles. The van der Waals surface area contributed by atoms with Gasteiger partial charge in [0, 0.05) is 49.3 Å². The summed E-state index contributed by atoms with van der Waals surface area (Å²) in [5.41, 5.74) is 2.74. The topological polar surface area (TPSA) is 72.4 Å². The number of hydrogen-bond acceptors (Lipinski definition) is 7. The first-order valence-corrected chi connectivity index (χ1v) is 9.70. The number of fused-ring (bicyclic) bond motifs is 1. The average molecular weight is 377 g/mol. The predicted molar refractivity (Wildman–Crippen MR) is 108 cm³/mol. The molecule has 2 fully saturated rings. The van der Waals surface area contributed by atoms with Gasteiger partial charge < -0.3 is 19.7 Å². The van der Waals surface area contributed by atoms with Crippen molar-refractivity contribution in [1.29, 1.82) is 0 Å². The highest BCUT2D eigenvalue weighted by molar-refractivity contribution is 5.91. The molecule has 0 amide bonds. The van der Waals surface area contributed by atoms with E-state index in [0.29, 0.717) is 19.2 Å². The summed E-state index contributed by atoms with van der Waals surface area (Å²) in [5.74, 6) is 1.13. The molecule has 0 aliphatic carbocycles. The average Bonchev–Trinajstić information content (AvgIpc) is 3.16. The highest BCUT2D eigenvalue weighted by Gasteiger charge is 2.40. The molecule has 0 atom stereocenters. The zero-order valence-corrected chi connectivity index (χ0v) is 15.9. The van der Waals surface area contributed by atoms with Crippen LogP contribution in [-0.2, 0) is 9.47 Å². The minimum Gasteiger partial charge on any atom is -0.356 e. The Kier molecular flexibility index (Phi) is 4.33. The maximum absolute atomic E-state index is 5.83. The molecule has 7 nitrogen and oxygen atoms in total. The minimum absolute atomic E-state index is 0.381. The lowest BCUT2D eigenvalue weighted by molar-refractivity contribution is -0.169. The summed E-state index contributed by atoms with van der Waals surface area (Å²) in [6, 6.07) is 12.1. The maximum atomic E-state index is 5.83. The summed E-state index contributed by atoms with van der Waals surface area (Å²) in [7, 11) is 0. The maximum Gasteiger partial charge on any atom is 0.229 e. The number of ether oxygens (including phenoxy) is 2. The first-order valence-electron chi connectivity index (χ1n) is 9.70. The van der Waals surface area contributed by atoms with Gasteiger partial charge >= 0.3 is 0 Å². The molecule has 0 saturated carbocycles. The number of nitrogens with one attached hydrogen (secondary N) is 1. The molecule has 1 N–H and O–H groups in total. The van der Waals surface area contributed by atoms with Crippen molar-refractivity contribution in [2.75, 3.05) is 36.5 Å². The van der Waals surface area contributed by atoms with Crippen LogP contribution in [-0.4, -0.2) is 47.0 Å². The molecule has 28 heavy (non-hydrogen) atoms. The standard InChI is InChI=1S/C21H23N5O2/c1-15-14-18(26-10-7-21(8-11-26)27-12-13-28-21)25-20(23-15)24-17-6-2-4-16-5-3-9-22-19(16)17/h2-6,9,14H,7-8,10-13H2,1H3,(H,23,24,25). The molecule has 3 aromatic rings. The smallest absolute Gasteiger partial charge is 0.229 e. The summed E-state index contributed by atoms with van der Waals surface area (Å²) in [6.45, 7) is 5.09. The fourth-order valence-corrected chi connectivity index (χ4v) is 3.96. The number of anilines is 3. The van der Waals surface area contributed by atoms with E-state index in [4.69, 9.17) is 14.5 Å². The van der Waals surface area contributed by atoms with Gasteiger partial charge in [0.1, 0.15) is 5.82 Å². The Hall–Kier alpha value is -2.77. The fraction of sp³-hybridized carbons (Fsp3) is 0.381. The number of aromatic nitrogens is 3. The van der Waals surface area contributed by atoms with E-state index < -0.39 is 0 Å². The Morgan fingerprint density at radius 2 is 1.82 bits per heavy atom. The second kappa shape index (κ2) is 7.00. The molecule has 5 rings (SSSR count). The predicted octanol–water partition coefficient (Wildman–Crippen LogP) is 3.42. The van der Waals surface area contributed by atoms with Crippen molar-refractivity contribution in [2.24, 2.45) is 0 Å². The van der Waals surface area contributed by atoms with Crippen LogP contribution in [0, 0.1) is 6.92 Å². The number of para-hydroxylation sites is 1. The SMILES string of the molecule is Cc1cc(N2CCC3(CC2)OCCO3)nc(Nc2cccc3cccnc23)n1. The molecule has 0 bridgehead atoms. The molecule has 0 unspecified atom stereocenters. The van der Waals surface area contributed by atoms with E-state index in [1.54, 1.807) is 6.20 Å².